The zero-order valence-electron chi connectivity index (χ0n) is 17.5. The number of ether oxygens (including phenoxy) is 1. The molecule has 1 aliphatic rings. The van der Waals surface area contributed by atoms with Gasteiger partial charge in [0.15, 0.2) is 0 Å². The van der Waals surface area contributed by atoms with E-state index in [4.69, 9.17) is 4.74 Å². The van der Waals surface area contributed by atoms with E-state index in [-0.39, 0.29) is 6.03 Å². The van der Waals surface area contributed by atoms with Gasteiger partial charge < -0.3 is 25.2 Å². The van der Waals surface area contributed by atoms with Crippen LogP contribution in [0.15, 0.2) is 48.5 Å². The number of nitrogens with one attached hydrogen (secondary N) is 2. The third-order valence-corrected chi connectivity index (χ3v) is 4.98. The summed E-state index contributed by atoms with van der Waals surface area (Å²) in [5.74, 6) is 0.820. The Labute approximate surface area is 173 Å². The second kappa shape index (κ2) is 10.7. The average molecular weight is 397 g/mol. The highest BCUT2D eigenvalue weighted by atomic mass is 16.5. The van der Waals surface area contributed by atoms with Crippen molar-refractivity contribution in [3.8, 4) is 5.75 Å². The first-order valence-electron chi connectivity index (χ1n) is 10.4. The molecule has 0 spiro atoms. The van der Waals surface area contributed by atoms with Crippen LogP contribution in [0.5, 0.6) is 5.75 Å². The van der Waals surface area contributed by atoms with Gasteiger partial charge in [-0.2, -0.15) is 0 Å². The number of likely N-dealkylation sites (N-methyl/N-ethyl adjacent to an activating group) is 1. The molecule has 2 aromatic carbocycles. The van der Waals surface area contributed by atoms with Crippen LogP contribution in [0.2, 0.25) is 0 Å². The fourth-order valence-electron chi connectivity index (χ4n) is 3.38. The molecule has 3 rings (SSSR count). The van der Waals surface area contributed by atoms with Crippen molar-refractivity contribution in [2.75, 3.05) is 50.6 Å². The predicted molar refractivity (Wildman–Crippen MR) is 119 cm³/mol. The third kappa shape index (κ3) is 6.98. The van der Waals surface area contributed by atoms with Gasteiger partial charge in [0.2, 0.25) is 0 Å². The molecule has 0 radical (unpaired) electrons. The van der Waals surface area contributed by atoms with E-state index >= 15 is 0 Å². The van der Waals surface area contributed by atoms with Crippen molar-refractivity contribution in [1.29, 1.82) is 0 Å². The summed E-state index contributed by atoms with van der Waals surface area (Å²) in [4.78, 5) is 16.8. The van der Waals surface area contributed by atoms with Crippen molar-refractivity contribution in [2.24, 2.45) is 0 Å². The van der Waals surface area contributed by atoms with E-state index in [2.05, 4.69) is 26.5 Å². The fourth-order valence-corrected chi connectivity index (χ4v) is 3.38. The van der Waals surface area contributed by atoms with E-state index in [1.165, 1.54) is 24.9 Å². The number of piperidine rings is 1. The van der Waals surface area contributed by atoms with E-state index in [1.54, 1.807) is 0 Å². The van der Waals surface area contributed by atoms with Crippen molar-refractivity contribution < 1.29 is 9.53 Å². The predicted octanol–water partition coefficient (Wildman–Crippen LogP) is 3.94. The second-order valence-corrected chi connectivity index (χ2v) is 7.70. The first-order chi connectivity index (χ1) is 14.1. The van der Waals surface area contributed by atoms with Gasteiger partial charge in [-0.3, -0.25) is 0 Å². The monoisotopic (exact) mass is 396 g/mol. The van der Waals surface area contributed by atoms with E-state index in [0.717, 1.165) is 36.6 Å². The maximum Gasteiger partial charge on any atom is 0.319 e. The lowest BCUT2D eigenvalue weighted by molar-refractivity contribution is 0.251. The molecule has 6 heteroatoms. The van der Waals surface area contributed by atoms with Crippen LogP contribution < -0.4 is 20.3 Å². The molecule has 0 aromatic heterocycles. The molecule has 1 aliphatic heterocycles. The maximum absolute atomic E-state index is 12.3. The lowest BCUT2D eigenvalue weighted by Crippen LogP contribution is -2.30. The molecular weight excluding hydrogens is 364 g/mol. The molecule has 156 valence electrons. The summed E-state index contributed by atoms with van der Waals surface area (Å²) >= 11 is 0. The number of carbonyl (C=O) groups excluding carboxylic acids is 1. The van der Waals surface area contributed by atoms with Gasteiger partial charge in [-0.25, -0.2) is 4.79 Å². The van der Waals surface area contributed by atoms with Gasteiger partial charge in [-0.15, -0.1) is 0 Å². The Hall–Kier alpha value is -2.73. The second-order valence-electron chi connectivity index (χ2n) is 7.70. The zero-order chi connectivity index (χ0) is 20.5. The summed E-state index contributed by atoms with van der Waals surface area (Å²) < 4.78 is 5.76. The number of hydrogen-bond acceptors (Lipinski definition) is 4. The van der Waals surface area contributed by atoms with Gasteiger partial charge in [-0.05, 0) is 69.3 Å². The fraction of sp³-hybridized carbons (Fsp3) is 0.435. The highest BCUT2D eigenvalue weighted by molar-refractivity contribution is 5.89. The number of benzene rings is 2. The molecule has 2 amide bonds. The van der Waals surface area contributed by atoms with Crippen LogP contribution in [0.25, 0.3) is 0 Å². The van der Waals surface area contributed by atoms with Crippen molar-refractivity contribution in [3.63, 3.8) is 0 Å². The van der Waals surface area contributed by atoms with Crippen LogP contribution in [0.4, 0.5) is 16.2 Å². The van der Waals surface area contributed by atoms with Gasteiger partial charge in [-0.1, -0.05) is 18.2 Å². The minimum absolute atomic E-state index is 0.209. The Kier molecular flexibility index (Phi) is 7.76. The van der Waals surface area contributed by atoms with Gasteiger partial charge in [0, 0.05) is 37.6 Å². The van der Waals surface area contributed by atoms with E-state index in [0.29, 0.717) is 13.2 Å². The zero-order valence-corrected chi connectivity index (χ0v) is 17.5. The van der Waals surface area contributed by atoms with Crippen LogP contribution in [0.3, 0.4) is 0 Å². The van der Waals surface area contributed by atoms with Crippen LogP contribution in [-0.2, 0) is 6.54 Å². The molecule has 0 atom stereocenters. The highest BCUT2D eigenvalue weighted by Crippen LogP contribution is 2.23. The molecule has 29 heavy (non-hydrogen) atoms. The minimum atomic E-state index is -0.209. The molecular formula is C23H32N4O2. The Balaban J connectivity index is 1.48. The standard InChI is InChI=1S/C23H32N4O2/c1-26(2)14-15-29-22-11-6-8-19(16-22)18-24-23(28)25-20-9-7-10-21(17-20)27-12-4-3-5-13-27/h6-11,16-17H,3-5,12-15,18H2,1-2H3,(H2,24,25,28). The maximum atomic E-state index is 12.3. The van der Waals surface area contributed by atoms with Crippen molar-refractivity contribution in [1.82, 2.24) is 10.2 Å². The minimum Gasteiger partial charge on any atom is -0.492 e. The SMILES string of the molecule is CN(C)CCOc1cccc(CNC(=O)Nc2cccc(N3CCCCC3)c2)c1. The number of rotatable bonds is 8. The number of urea groups is 1. The van der Waals surface area contributed by atoms with E-state index < -0.39 is 0 Å². The van der Waals surface area contributed by atoms with Gasteiger partial charge in [0.25, 0.3) is 0 Å². The average Bonchev–Trinajstić information content (AvgIpc) is 2.73. The normalized spacial score (nSPS) is 14.0. The molecule has 0 unspecified atom stereocenters. The number of anilines is 2. The topological polar surface area (TPSA) is 56.8 Å². The first-order valence-corrected chi connectivity index (χ1v) is 10.4. The molecule has 2 N–H and O–H groups in total. The molecule has 0 bridgehead atoms. The molecule has 1 saturated heterocycles. The Bertz CT molecular complexity index is 788. The summed E-state index contributed by atoms with van der Waals surface area (Å²) in [6.45, 7) is 4.12. The van der Waals surface area contributed by atoms with Gasteiger partial charge >= 0.3 is 6.03 Å². The van der Waals surface area contributed by atoms with E-state index in [9.17, 15) is 4.79 Å². The highest BCUT2D eigenvalue weighted by Gasteiger charge is 2.11. The number of hydrogen-bond donors (Lipinski definition) is 2. The Morgan fingerprint density at radius 2 is 1.86 bits per heavy atom. The lowest BCUT2D eigenvalue weighted by atomic mass is 10.1. The Morgan fingerprint density at radius 1 is 1.07 bits per heavy atom. The van der Waals surface area contributed by atoms with E-state index in [1.807, 2.05) is 56.6 Å². The smallest absolute Gasteiger partial charge is 0.319 e. The van der Waals surface area contributed by atoms with Gasteiger partial charge in [0.1, 0.15) is 12.4 Å². The first kappa shape index (κ1) is 21.0. The largest absolute Gasteiger partial charge is 0.492 e. The number of carbonyl (C=O) groups is 1. The summed E-state index contributed by atoms with van der Waals surface area (Å²) in [5.41, 5.74) is 2.99. The molecule has 0 saturated carbocycles. The summed E-state index contributed by atoms with van der Waals surface area (Å²) in [7, 11) is 4.04. The van der Waals surface area contributed by atoms with Crippen molar-refractivity contribution in [3.05, 3.63) is 54.1 Å². The third-order valence-electron chi connectivity index (χ3n) is 4.98. The summed E-state index contributed by atoms with van der Waals surface area (Å²) in [5, 5.41) is 5.86. The molecule has 6 nitrogen and oxygen atoms in total. The van der Waals surface area contributed by atoms with Crippen LogP contribution in [0.1, 0.15) is 24.8 Å². The van der Waals surface area contributed by atoms with Crippen molar-refractivity contribution >= 4 is 17.4 Å². The molecule has 1 heterocycles. The number of amides is 2. The number of nitrogens with zero attached hydrogens (tertiary/aromatic N) is 2. The molecule has 1 fully saturated rings. The Morgan fingerprint density at radius 3 is 2.66 bits per heavy atom. The quantitative estimate of drug-likeness (QED) is 0.710. The van der Waals surface area contributed by atoms with Crippen LogP contribution >= 0.6 is 0 Å². The summed E-state index contributed by atoms with van der Waals surface area (Å²) in [6.07, 6.45) is 3.77. The molecule has 0 aliphatic carbocycles. The lowest BCUT2D eigenvalue weighted by Gasteiger charge is -2.29. The van der Waals surface area contributed by atoms with Gasteiger partial charge in [0.05, 0.1) is 0 Å². The summed E-state index contributed by atoms with van der Waals surface area (Å²) in [6, 6.07) is 15.7. The van der Waals surface area contributed by atoms with Crippen LogP contribution in [-0.4, -0.2) is 51.3 Å². The van der Waals surface area contributed by atoms with Crippen LogP contribution in [0, 0.1) is 0 Å². The van der Waals surface area contributed by atoms with Crippen molar-refractivity contribution in [2.45, 2.75) is 25.8 Å². The molecule has 2 aromatic rings.